The van der Waals surface area contributed by atoms with Crippen LogP contribution in [0.25, 0.3) is 0 Å². The molecule has 6 heteroatoms. The summed E-state index contributed by atoms with van der Waals surface area (Å²) in [5.41, 5.74) is 6.76. The normalized spacial score (nSPS) is 14.1. The topological polar surface area (TPSA) is 96.2 Å². The first-order valence-corrected chi connectivity index (χ1v) is 4.82. The van der Waals surface area contributed by atoms with Crippen molar-refractivity contribution in [1.82, 2.24) is 16.0 Å². The van der Waals surface area contributed by atoms with Gasteiger partial charge in [0.15, 0.2) is 0 Å². The molecule has 0 unspecified atom stereocenters. The highest BCUT2D eigenvalue weighted by molar-refractivity contribution is 5.93. The number of amides is 3. The lowest BCUT2D eigenvalue weighted by Gasteiger charge is -2.21. The maximum atomic E-state index is 11.5. The second-order valence-corrected chi connectivity index (χ2v) is 3.38. The zero-order chi connectivity index (χ0) is 11.3. The van der Waals surface area contributed by atoms with E-state index < -0.39 is 6.03 Å². The molecule has 1 fully saturated rings. The van der Waals surface area contributed by atoms with Crippen molar-refractivity contribution in [2.75, 3.05) is 26.2 Å². The summed E-state index contributed by atoms with van der Waals surface area (Å²) in [6.45, 7) is 4.12. The summed E-state index contributed by atoms with van der Waals surface area (Å²) in [5.74, 6) is -0.0854. The molecule has 0 bridgehead atoms. The van der Waals surface area contributed by atoms with Crippen molar-refractivity contribution in [3.05, 3.63) is 11.1 Å². The zero-order valence-corrected chi connectivity index (χ0v) is 8.72. The maximum Gasteiger partial charge on any atom is 0.312 e. The van der Waals surface area contributed by atoms with E-state index in [-0.39, 0.29) is 5.91 Å². The molecule has 1 saturated heterocycles. The van der Waals surface area contributed by atoms with E-state index in [0.29, 0.717) is 13.1 Å². The molecule has 0 aliphatic carbocycles. The van der Waals surface area contributed by atoms with Crippen molar-refractivity contribution in [2.45, 2.75) is 6.92 Å². The van der Waals surface area contributed by atoms with E-state index in [9.17, 15) is 9.59 Å². The van der Waals surface area contributed by atoms with Gasteiger partial charge >= 0.3 is 6.03 Å². The van der Waals surface area contributed by atoms with Gasteiger partial charge in [0.25, 0.3) is 0 Å². The quantitative estimate of drug-likeness (QED) is 0.344. The molecule has 1 aliphatic rings. The molecule has 0 atom stereocenters. The second-order valence-electron chi connectivity index (χ2n) is 3.38. The van der Waals surface area contributed by atoms with E-state index >= 15 is 0 Å². The number of nitrogens with two attached hydrogens (primary N) is 1. The molecule has 0 aromatic heterocycles. The van der Waals surface area contributed by atoms with Crippen molar-refractivity contribution in [1.29, 1.82) is 0 Å². The Bertz CT molecular complexity index is 292. The Morgan fingerprint density at radius 3 is 2.40 bits per heavy atom. The van der Waals surface area contributed by atoms with Crippen molar-refractivity contribution in [3.8, 4) is 0 Å². The third-order valence-electron chi connectivity index (χ3n) is 2.26. The monoisotopic (exact) mass is 212 g/mol. The molecule has 0 spiro atoms. The van der Waals surface area contributed by atoms with Crippen molar-refractivity contribution in [2.24, 2.45) is 5.73 Å². The minimum Gasteiger partial charge on any atom is -0.352 e. The first-order valence-electron chi connectivity index (χ1n) is 4.82. The van der Waals surface area contributed by atoms with Crippen LogP contribution in [0.4, 0.5) is 4.79 Å². The highest BCUT2D eigenvalue weighted by Crippen LogP contribution is 2.08. The summed E-state index contributed by atoms with van der Waals surface area (Å²) in [6.07, 6.45) is 0. The number of nitrogens with one attached hydrogen (secondary N) is 3. The van der Waals surface area contributed by atoms with E-state index in [1.807, 2.05) is 0 Å². The molecular formula is C9H16N4O2. The molecule has 3 amide bonds. The highest BCUT2D eigenvalue weighted by Gasteiger charge is 2.15. The number of carbonyl (C=O) groups is 2. The van der Waals surface area contributed by atoms with Gasteiger partial charge < -0.3 is 21.7 Å². The number of hydrogen-bond acceptors (Lipinski definition) is 3. The summed E-state index contributed by atoms with van der Waals surface area (Å²) in [6, 6.07) is -0.581. The van der Waals surface area contributed by atoms with Gasteiger partial charge in [-0.1, -0.05) is 0 Å². The highest BCUT2D eigenvalue weighted by atomic mass is 16.2. The molecular weight excluding hydrogens is 196 g/mol. The van der Waals surface area contributed by atoms with Gasteiger partial charge in [-0.15, -0.1) is 0 Å². The molecule has 5 N–H and O–H groups in total. The van der Waals surface area contributed by atoms with Gasteiger partial charge in [-0.2, -0.15) is 0 Å². The van der Waals surface area contributed by atoms with Crippen LogP contribution >= 0.6 is 0 Å². The SMILES string of the molecule is CC(C(=O)NCCNC(N)=O)=C1CNC1. The van der Waals surface area contributed by atoms with Crippen LogP contribution in [0.15, 0.2) is 11.1 Å². The van der Waals surface area contributed by atoms with Gasteiger partial charge in [0.2, 0.25) is 5.91 Å². The standard InChI is InChI=1S/C9H16N4O2/c1-6(7-4-11-5-7)8(14)12-2-3-13-9(10)15/h11H,2-5H2,1H3,(H,12,14)(H3,10,13,15). The molecule has 1 rings (SSSR count). The Morgan fingerprint density at radius 1 is 1.33 bits per heavy atom. The molecule has 0 radical (unpaired) electrons. The van der Waals surface area contributed by atoms with Gasteiger partial charge in [0, 0.05) is 31.8 Å². The Labute approximate surface area is 88.3 Å². The lowest BCUT2D eigenvalue weighted by Crippen LogP contribution is -2.40. The molecule has 1 heterocycles. The average molecular weight is 212 g/mol. The number of primary amides is 1. The number of carbonyl (C=O) groups excluding carboxylic acids is 2. The van der Waals surface area contributed by atoms with Crippen LogP contribution < -0.4 is 21.7 Å². The van der Waals surface area contributed by atoms with Crippen LogP contribution in [0.3, 0.4) is 0 Å². The first kappa shape index (κ1) is 11.5. The molecule has 0 saturated carbocycles. The minimum absolute atomic E-state index is 0.0854. The Hall–Kier alpha value is -1.56. The van der Waals surface area contributed by atoms with Crippen LogP contribution in [-0.2, 0) is 4.79 Å². The summed E-state index contributed by atoms with van der Waals surface area (Å²) in [7, 11) is 0. The third kappa shape index (κ3) is 3.59. The number of rotatable bonds is 4. The largest absolute Gasteiger partial charge is 0.352 e. The lowest BCUT2D eigenvalue weighted by molar-refractivity contribution is -0.117. The molecule has 15 heavy (non-hydrogen) atoms. The van der Waals surface area contributed by atoms with Crippen LogP contribution in [0, 0.1) is 0 Å². The maximum absolute atomic E-state index is 11.5. The second kappa shape index (κ2) is 5.35. The third-order valence-corrected chi connectivity index (χ3v) is 2.26. The van der Waals surface area contributed by atoms with Crippen LogP contribution in [0.5, 0.6) is 0 Å². The molecule has 6 nitrogen and oxygen atoms in total. The van der Waals surface area contributed by atoms with Crippen LogP contribution in [-0.4, -0.2) is 38.1 Å². The predicted molar refractivity (Wildman–Crippen MR) is 56.2 cm³/mol. The van der Waals surface area contributed by atoms with Gasteiger partial charge in [-0.3, -0.25) is 4.79 Å². The average Bonchev–Trinajstić information content (AvgIpc) is 2.08. The lowest BCUT2D eigenvalue weighted by atomic mass is 10.0. The zero-order valence-electron chi connectivity index (χ0n) is 8.72. The summed E-state index contributed by atoms with van der Waals surface area (Å²) in [4.78, 5) is 21.8. The Balaban J connectivity index is 2.21. The fourth-order valence-electron chi connectivity index (χ4n) is 1.17. The van der Waals surface area contributed by atoms with Crippen molar-refractivity contribution < 1.29 is 9.59 Å². The van der Waals surface area contributed by atoms with E-state index in [2.05, 4.69) is 16.0 Å². The fraction of sp³-hybridized carbons (Fsp3) is 0.556. The molecule has 0 aromatic rings. The van der Waals surface area contributed by atoms with Crippen LogP contribution in [0.1, 0.15) is 6.92 Å². The summed E-state index contributed by atoms with van der Waals surface area (Å²) >= 11 is 0. The summed E-state index contributed by atoms with van der Waals surface area (Å²) in [5, 5.41) is 8.15. The number of hydrogen-bond donors (Lipinski definition) is 4. The van der Waals surface area contributed by atoms with E-state index in [4.69, 9.17) is 5.73 Å². The fourth-order valence-corrected chi connectivity index (χ4v) is 1.17. The smallest absolute Gasteiger partial charge is 0.312 e. The Kier molecular flexibility index (Phi) is 4.11. The first-order chi connectivity index (χ1) is 7.11. The van der Waals surface area contributed by atoms with Gasteiger partial charge in [0.1, 0.15) is 0 Å². The number of urea groups is 1. The summed E-state index contributed by atoms with van der Waals surface area (Å²) < 4.78 is 0. The van der Waals surface area contributed by atoms with Gasteiger partial charge in [-0.25, -0.2) is 4.79 Å². The van der Waals surface area contributed by atoms with Crippen LogP contribution in [0.2, 0.25) is 0 Å². The molecule has 84 valence electrons. The Morgan fingerprint density at radius 2 is 1.93 bits per heavy atom. The van der Waals surface area contributed by atoms with E-state index in [1.165, 1.54) is 0 Å². The minimum atomic E-state index is -0.581. The predicted octanol–water partition coefficient (Wildman–Crippen LogP) is -1.31. The van der Waals surface area contributed by atoms with Gasteiger partial charge in [0.05, 0.1) is 0 Å². The molecule has 0 aromatic carbocycles. The van der Waals surface area contributed by atoms with E-state index in [0.717, 1.165) is 24.2 Å². The molecule has 1 aliphatic heterocycles. The van der Waals surface area contributed by atoms with Gasteiger partial charge in [-0.05, 0) is 12.5 Å². The van der Waals surface area contributed by atoms with Crippen molar-refractivity contribution >= 4 is 11.9 Å². The van der Waals surface area contributed by atoms with E-state index in [1.54, 1.807) is 6.92 Å². The van der Waals surface area contributed by atoms with Crippen molar-refractivity contribution in [3.63, 3.8) is 0 Å².